The normalized spacial score (nSPS) is 16.9. The Kier molecular flexibility index (Phi) is 4.49. The van der Waals surface area contributed by atoms with Crippen LogP contribution in [0.2, 0.25) is 0 Å². The standard InChI is InChI=1S/C14H19F2N/c15-14(16)13-7-3-6-12(8-13)10-17-9-11-4-1-2-5-11/h3,6-8,11,14,17H,1-2,4-5,9-10H2. The zero-order chi connectivity index (χ0) is 12.1. The summed E-state index contributed by atoms with van der Waals surface area (Å²) in [6, 6.07) is 6.67. The van der Waals surface area contributed by atoms with E-state index in [1.807, 2.05) is 6.07 Å². The second-order valence-electron chi connectivity index (χ2n) is 4.83. The van der Waals surface area contributed by atoms with Crippen LogP contribution < -0.4 is 5.32 Å². The molecule has 1 aromatic rings. The summed E-state index contributed by atoms with van der Waals surface area (Å²) in [6.45, 7) is 1.70. The van der Waals surface area contributed by atoms with E-state index in [1.165, 1.54) is 31.7 Å². The van der Waals surface area contributed by atoms with Crippen molar-refractivity contribution in [2.45, 2.75) is 38.7 Å². The number of hydrogen-bond donors (Lipinski definition) is 1. The number of rotatable bonds is 5. The van der Waals surface area contributed by atoms with Crippen molar-refractivity contribution in [2.75, 3.05) is 6.54 Å². The van der Waals surface area contributed by atoms with Crippen LogP contribution in [0.25, 0.3) is 0 Å². The van der Waals surface area contributed by atoms with Crippen molar-refractivity contribution in [1.82, 2.24) is 5.32 Å². The van der Waals surface area contributed by atoms with Crippen LogP contribution in [-0.2, 0) is 6.54 Å². The SMILES string of the molecule is FC(F)c1cccc(CNCC2CCCC2)c1. The fraction of sp³-hybridized carbons (Fsp3) is 0.571. The molecule has 0 bridgehead atoms. The molecule has 0 unspecified atom stereocenters. The largest absolute Gasteiger partial charge is 0.312 e. The molecule has 1 aliphatic rings. The van der Waals surface area contributed by atoms with Crippen LogP contribution in [0.4, 0.5) is 8.78 Å². The molecule has 0 radical (unpaired) electrons. The van der Waals surface area contributed by atoms with Crippen LogP contribution in [0.3, 0.4) is 0 Å². The number of nitrogens with one attached hydrogen (secondary N) is 1. The van der Waals surface area contributed by atoms with Gasteiger partial charge in [0.1, 0.15) is 0 Å². The van der Waals surface area contributed by atoms with Gasteiger partial charge in [-0.3, -0.25) is 0 Å². The molecular formula is C14H19F2N. The fourth-order valence-electron chi connectivity index (χ4n) is 2.47. The number of benzene rings is 1. The van der Waals surface area contributed by atoms with Crippen molar-refractivity contribution in [2.24, 2.45) is 5.92 Å². The van der Waals surface area contributed by atoms with E-state index in [4.69, 9.17) is 0 Å². The third-order valence-corrected chi connectivity index (χ3v) is 3.44. The third-order valence-electron chi connectivity index (χ3n) is 3.44. The van der Waals surface area contributed by atoms with Gasteiger partial charge >= 0.3 is 0 Å². The molecule has 0 spiro atoms. The Balaban J connectivity index is 1.79. The van der Waals surface area contributed by atoms with E-state index < -0.39 is 6.43 Å². The summed E-state index contributed by atoms with van der Waals surface area (Å²) in [5, 5.41) is 3.36. The summed E-state index contributed by atoms with van der Waals surface area (Å²) in [5.41, 5.74) is 1.06. The van der Waals surface area contributed by atoms with Crippen LogP contribution in [0.1, 0.15) is 43.2 Å². The predicted octanol–water partition coefficient (Wildman–Crippen LogP) is 3.90. The minimum Gasteiger partial charge on any atom is -0.312 e. The Morgan fingerprint density at radius 2 is 2.00 bits per heavy atom. The molecule has 94 valence electrons. The lowest BCUT2D eigenvalue weighted by Gasteiger charge is -2.11. The molecule has 0 aliphatic heterocycles. The molecule has 0 aromatic heterocycles. The minimum atomic E-state index is -2.37. The van der Waals surface area contributed by atoms with Gasteiger partial charge in [-0.25, -0.2) is 8.78 Å². The molecule has 1 aliphatic carbocycles. The molecule has 1 saturated carbocycles. The summed E-state index contributed by atoms with van der Waals surface area (Å²) in [5.74, 6) is 0.785. The van der Waals surface area contributed by atoms with Gasteiger partial charge in [0.15, 0.2) is 0 Å². The smallest absolute Gasteiger partial charge is 0.263 e. The highest BCUT2D eigenvalue weighted by molar-refractivity contribution is 5.24. The first-order valence-electron chi connectivity index (χ1n) is 6.33. The number of halogens is 2. The van der Waals surface area contributed by atoms with E-state index in [0.29, 0.717) is 6.54 Å². The van der Waals surface area contributed by atoms with Crippen LogP contribution in [-0.4, -0.2) is 6.54 Å². The Morgan fingerprint density at radius 3 is 2.71 bits per heavy atom. The van der Waals surface area contributed by atoms with Crippen LogP contribution in [0.5, 0.6) is 0 Å². The first-order chi connectivity index (χ1) is 8.25. The van der Waals surface area contributed by atoms with E-state index in [-0.39, 0.29) is 5.56 Å². The average molecular weight is 239 g/mol. The van der Waals surface area contributed by atoms with Crippen molar-refractivity contribution in [3.63, 3.8) is 0 Å². The van der Waals surface area contributed by atoms with Crippen molar-refractivity contribution < 1.29 is 8.78 Å². The summed E-state index contributed by atoms with van der Waals surface area (Å²) in [7, 11) is 0. The molecule has 1 aromatic carbocycles. The van der Waals surface area contributed by atoms with Gasteiger partial charge in [-0.15, -0.1) is 0 Å². The van der Waals surface area contributed by atoms with Gasteiger partial charge < -0.3 is 5.32 Å². The Labute approximate surface area is 101 Å². The average Bonchev–Trinajstić information content (AvgIpc) is 2.82. The third kappa shape index (κ3) is 3.77. The molecular weight excluding hydrogens is 220 g/mol. The predicted molar refractivity (Wildman–Crippen MR) is 65.1 cm³/mol. The Bertz CT molecular complexity index is 346. The first kappa shape index (κ1) is 12.5. The highest BCUT2D eigenvalue weighted by Gasteiger charge is 2.14. The molecule has 2 rings (SSSR count). The van der Waals surface area contributed by atoms with Crippen molar-refractivity contribution in [1.29, 1.82) is 0 Å². The fourth-order valence-corrected chi connectivity index (χ4v) is 2.47. The highest BCUT2D eigenvalue weighted by atomic mass is 19.3. The Morgan fingerprint density at radius 1 is 1.24 bits per heavy atom. The summed E-state index contributed by atoms with van der Waals surface area (Å²) < 4.78 is 25.0. The second-order valence-corrected chi connectivity index (χ2v) is 4.83. The Hall–Kier alpha value is -0.960. The number of hydrogen-bond acceptors (Lipinski definition) is 1. The van der Waals surface area contributed by atoms with Crippen molar-refractivity contribution >= 4 is 0 Å². The van der Waals surface area contributed by atoms with Crippen molar-refractivity contribution in [3.05, 3.63) is 35.4 Å². The van der Waals surface area contributed by atoms with Gasteiger partial charge in [-0.2, -0.15) is 0 Å². The highest BCUT2D eigenvalue weighted by Crippen LogP contribution is 2.24. The van der Waals surface area contributed by atoms with Gasteiger partial charge in [0, 0.05) is 12.1 Å². The molecule has 1 N–H and O–H groups in total. The maximum absolute atomic E-state index is 12.5. The summed E-state index contributed by atoms with van der Waals surface area (Å²) >= 11 is 0. The maximum atomic E-state index is 12.5. The molecule has 0 saturated heterocycles. The molecule has 1 fully saturated rings. The van der Waals surface area contributed by atoms with E-state index in [2.05, 4.69) is 5.32 Å². The molecule has 0 amide bonds. The monoisotopic (exact) mass is 239 g/mol. The first-order valence-corrected chi connectivity index (χ1v) is 6.33. The van der Waals surface area contributed by atoms with Crippen LogP contribution in [0, 0.1) is 5.92 Å². The zero-order valence-electron chi connectivity index (χ0n) is 9.96. The second kappa shape index (κ2) is 6.10. The molecule has 3 heteroatoms. The maximum Gasteiger partial charge on any atom is 0.263 e. The topological polar surface area (TPSA) is 12.0 Å². The molecule has 0 heterocycles. The van der Waals surface area contributed by atoms with Gasteiger partial charge in [-0.1, -0.05) is 31.0 Å². The van der Waals surface area contributed by atoms with E-state index in [0.717, 1.165) is 18.0 Å². The quantitative estimate of drug-likeness (QED) is 0.821. The lowest BCUT2D eigenvalue weighted by Crippen LogP contribution is -2.20. The molecule has 1 nitrogen and oxygen atoms in total. The van der Waals surface area contributed by atoms with Gasteiger partial charge in [0.25, 0.3) is 6.43 Å². The number of alkyl halides is 2. The lowest BCUT2D eigenvalue weighted by atomic mass is 10.1. The van der Waals surface area contributed by atoms with E-state index in [1.54, 1.807) is 12.1 Å². The van der Waals surface area contributed by atoms with Crippen molar-refractivity contribution in [3.8, 4) is 0 Å². The van der Waals surface area contributed by atoms with Crippen LogP contribution >= 0.6 is 0 Å². The van der Waals surface area contributed by atoms with Gasteiger partial charge in [0.05, 0.1) is 0 Å². The van der Waals surface area contributed by atoms with Gasteiger partial charge in [0.2, 0.25) is 0 Å². The summed E-state index contributed by atoms with van der Waals surface area (Å²) in [6.07, 6.45) is 2.93. The van der Waals surface area contributed by atoms with Crippen LogP contribution in [0.15, 0.2) is 24.3 Å². The van der Waals surface area contributed by atoms with E-state index >= 15 is 0 Å². The summed E-state index contributed by atoms with van der Waals surface area (Å²) in [4.78, 5) is 0. The lowest BCUT2D eigenvalue weighted by molar-refractivity contribution is 0.151. The van der Waals surface area contributed by atoms with Gasteiger partial charge in [-0.05, 0) is 36.9 Å². The van der Waals surface area contributed by atoms with E-state index in [9.17, 15) is 8.78 Å². The molecule has 17 heavy (non-hydrogen) atoms. The zero-order valence-corrected chi connectivity index (χ0v) is 9.96. The molecule has 0 atom stereocenters. The minimum absolute atomic E-state index is 0.116.